The molecule has 130 valence electrons. The topological polar surface area (TPSA) is 40.6 Å². The summed E-state index contributed by atoms with van der Waals surface area (Å²) in [6, 6.07) is 5.96. The van der Waals surface area contributed by atoms with Crippen molar-refractivity contribution < 1.29 is 9.59 Å². The molecule has 0 unspecified atom stereocenters. The zero-order chi connectivity index (χ0) is 16.9. The van der Waals surface area contributed by atoms with Crippen molar-refractivity contribution in [2.75, 3.05) is 24.5 Å². The summed E-state index contributed by atoms with van der Waals surface area (Å²) in [5.41, 5.74) is 3.20. The Bertz CT molecular complexity index is 589. The van der Waals surface area contributed by atoms with E-state index in [1.165, 1.54) is 48.4 Å². The van der Waals surface area contributed by atoms with Gasteiger partial charge in [0.25, 0.3) is 0 Å². The first-order valence-corrected chi connectivity index (χ1v) is 9.29. The van der Waals surface area contributed by atoms with Crippen LogP contribution in [0.2, 0.25) is 0 Å². The minimum Gasteiger partial charge on any atom is -0.303 e. The van der Waals surface area contributed by atoms with Gasteiger partial charge in [-0.25, -0.2) is 0 Å². The number of carbonyl (C=O) groups excluding carboxylic acids is 2. The van der Waals surface area contributed by atoms with Crippen LogP contribution in [-0.2, 0) is 16.0 Å². The number of likely N-dealkylation sites (tertiary alicyclic amines) is 1. The van der Waals surface area contributed by atoms with E-state index < -0.39 is 0 Å². The smallest absolute Gasteiger partial charge is 0.236 e. The van der Waals surface area contributed by atoms with Gasteiger partial charge in [-0.2, -0.15) is 0 Å². The van der Waals surface area contributed by atoms with Gasteiger partial charge in [0.15, 0.2) is 0 Å². The average Bonchev–Trinajstić information content (AvgIpc) is 2.55. The molecule has 1 heterocycles. The summed E-state index contributed by atoms with van der Waals surface area (Å²) < 4.78 is 0. The number of rotatable bonds is 6. The van der Waals surface area contributed by atoms with E-state index in [-0.39, 0.29) is 11.8 Å². The molecule has 3 rings (SSSR count). The quantitative estimate of drug-likeness (QED) is 0.752. The number of amides is 2. The Balaban J connectivity index is 1.69. The van der Waals surface area contributed by atoms with Gasteiger partial charge in [0.1, 0.15) is 0 Å². The zero-order valence-corrected chi connectivity index (χ0v) is 14.7. The van der Waals surface area contributed by atoms with Crippen molar-refractivity contribution in [1.82, 2.24) is 4.90 Å². The molecule has 1 aliphatic heterocycles. The number of hydrogen-bond acceptors (Lipinski definition) is 3. The lowest BCUT2D eigenvalue weighted by atomic mass is 9.84. The summed E-state index contributed by atoms with van der Waals surface area (Å²) >= 11 is 0. The third kappa shape index (κ3) is 3.86. The van der Waals surface area contributed by atoms with Crippen LogP contribution in [0.1, 0.15) is 49.7 Å². The predicted octanol–water partition coefficient (Wildman–Crippen LogP) is 3.31. The van der Waals surface area contributed by atoms with Gasteiger partial charge in [0.2, 0.25) is 12.3 Å². The van der Waals surface area contributed by atoms with Crippen molar-refractivity contribution in [2.45, 2.75) is 51.9 Å². The first kappa shape index (κ1) is 17.2. The molecule has 0 aromatic heterocycles. The number of carbonyl (C=O) groups is 2. The Morgan fingerprint density at radius 3 is 2.58 bits per heavy atom. The minimum absolute atomic E-state index is 0.0355. The number of nitrogens with zero attached hydrogens (tertiary/aromatic N) is 2. The molecule has 1 aromatic rings. The van der Waals surface area contributed by atoms with Crippen LogP contribution in [0.25, 0.3) is 0 Å². The van der Waals surface area contributed by atoms with Gasteiger partial charge in [-0.05, 0) is 75.4 Å². The molecule has 1 saturated heterocycles. The Hall–Kier alpha value is -1.68. The minimum atomic E-state index is -0.0397. The first-order valence-electron chi connectivity index (χ1n) is 9.29. The van der Waals surface area contributed by atoms with E-state index in [1.54, 1.807) is 0 Å². The number of anilines is 1. The average molecular weight is 328 g/mol. The van der Waals surface area contributed by atoms with E-state index in [0.717, 1.165) is 37.9 Å². The highest BCUT2D eigenvalue weighted by molar-refractivity contribution is 6.08. The molecule has 2 fully saturated rings. The van der Waals surface area contributed by atoms with Gasteiger partial charge in [0.05, 0.1) is 5.69 Å². The molecule has 0 bridgehead atoms. The molecule has 1 saturated carbocycles. The van der Waals surface area contributed by atoms with Crippen molar-refractivity contribution in [1.29, 1.82) is 0 Å². The summed E-state index contributed by atoms with van der Waals surface area (Å²) in [5.74, 6) is -0.00427. The molecule has 0 radical (unpaired) electrons. The molecular weight excluding hydrogens is 300 g/mol. The molecule has 0 spiro atoms. The number of hydrogen-bond donors (Lipinski definition) is 0. The third-order valence-electron chi connectivity index (χ3n) is 5.55. The molecule has 24 heavy (non-hydrogen) atoms. The second-order valence-electron chi connectivity index (χ2n) is 7.20. The second kappa shape index (κ2) is 7.93. The fourth-order valence-corrected chi connectivity index (χ4v) is 3.63. The highest BCUT2D eigenvalue weighted by Crippen LogP contribution is 2.30. The van der Waals surface area contributed by atoms with E-state index in [0.29, 0.717) is 6.41 Å². The van der Waals surface area contributed by atoms with Crippen LogP contribution in [0, 0.1) is 12.8 Å². The van der Waals surface area contributed by atoms with Crippen molar-refractivity contribution in [3.8, 4) is 0 Å². The molecule has 1 aromatic carbocycles. The molecular formula is C20H28N2O2. The standard InChI is InChI=1S/C20H28N2O2/c1-16-8-9-19(22(15-23)20(24)17-6-5-7-17)14-18(16)10-13-21-11-3-2-4-12-21/h8-9,14-15,17H,2-7,10-13H2,1H3. The molecule has 0 atom stereocenters. The maximum absolute atomic E-state index is 12.4. The van der Waals surface area contributed by atoms with Gasteiger partial charge in [-0.15, -0.1) is 0 Å². The Morgan fingerprint density at radius 2 is 1.96 bits per heavy atom. The summed E-state index contributed by atoms with van der Waals surface area (Å²) in [4.78, 5) is 27.8. The molecule has 2 amide bonds. The zero-order valence-electron chi connectivity index (χ0n) is 14.7. The Kier molecular flexibility index (Phi) is 5.67. The van der Waals surface area contributed by atoms with E-state index in [1.807, 2.05) is 18.2 Å². The van der Waals surface area contributed by atoms with Gasteiger partial charge < -0.3 is 4.90 Å². The number of aryl methyl sites for hydroxylation is 1. The van der Waals surface area contributed by atoms with Crippen LogP contribution < -0.4 is 4.90 Å². The van der Waals surface area contributed by atoms with Gasteiger partial charge >= 0.3 is 0 Å². The normalized spacial score (nSPS) is 18.9. The van der Waals surface area contributed by atoms with Crippen LogP contribution in [-0.4, -0.2) is 36.9 Å². The molecule has 4 nitrogen and oxygen atoms in total. The van der Waals surface area contributed by atoms with E-state index in [9.17, 15) is 9.59 Å². The number of piperidine rings is 1. The van der Waals surface area contributed by atoms with Gasteiger partial charge in [-0.1, -0.05) is 18.9 Å². The van der Waals surface area contributed by atoms with Gasteiger partial charge in [-0.3, -0.25) is 14.5 Å². The van der Waals surface area contributed by atoms with E-state index in [2.05, 4.69) is 11.8 Å². The van der Waals surface area contributed by atoms with E-state index in [4.69, 9.17) is 0 Å². The predicted molar refractivity (Wildman–Crippen MR) is 96.1 cm³/mol. The maximum atomic E-state index is 12.4. The third-order valence-corrected chi connectivity index (χ3v) is 5.55. The summed E-state index contributed by atoms with van der Waals surface area (Å²) in [6.45, 7) is 5.55. The fourth-order valence-electron chi connectivity index (χ4n) is 3.63. The van der Waals surface area contributed by atoms with Crippen molar-refractivity contribution in [2.24, 2.45) is 5.92 Å². The maximum Gasteiger partial charge on any atom is 0.236 e. The SMILES string of the molecule is Cc1ccc(N(C=O)C(=O)C2CCC2)cc1CCN1CCCCC1. The Morgan fingerprint density at radius 1 is 1.21 bits per heavy atom. The Labute approximate surface area is 144 Å². The lowest BCUT2D eigenvalue weighted by Crippen LogP contribution is -2.38. The van der Waals surface area contributed by atoms with E-state index >= 15 is 0 Å². The summed E-state index contributed by atoms with van der Waals surface area (Å²) in [7, 11) is 0. The summed E-state index contributed by atoms with van der Waals surface area (Å²) in [5, 5.41) is 0. The van der Waals surface area contributed by atoms with Crippen molar-refractivity contribution >= 4 is 18.0 Å². The lowest BCUT2D eigenvalue weighted by Gasteiger charge is -2.29. The molecule has 4 heteroatoms. The number of imide groups is 1. The monoisotopic (exact) mass is 328 g/mol. The summed E-state index contributed by atoms with van der Waals surface area (Å²) in [6.07, 6.45) is 8.53. The highest BCUT2D eigenvalue weighted by atomic mass is 16.2. The van der Waals surface area contributed by atoms with Crippen LogP contribution >= 0.6 is 0 Å². The lowest BCUT2D eigenvalue weighted by molar-refractivity contribution is -0.127. The largest absolute Gasteiger partial charge is 0.303 e. The first-order chi connectivity index (χ1) is 11.7. The van der Waals surface area contributed by atoms with Crippen LogP contribution in [0.3, 0.4) is 0 Å². The van der Waals surface area contributed by atoms with Crippen LogP contribution in [0.5, 0.6) is 0 Å². The van der Waals surface area contributed by atoms with Crippen molar-refractivity contribution in [3.05, 3.63) is 29.3 Å². The van der Waals surface area contributed by atoms with Crippen LogP contribution in [0.4, 0.5) is 5.69 Å². The molecule has 2 aliphatic rings. The van der Waals surface area contributed by atoms with Crippen molar-refractivity contribution in [3.63, 3.8) is 0 Å². The highest BCUT2D eigenvalue weighted by Gasteiger charge is 2.30. The second-order valence-corrected chi connectivity index (χ2v) is 7.20. The van der Waals surface area contributed by atoms with Gasteiger partial charge in [0, 0.05) is 12.5 Å². The number of benzene rings is 1. The molecule has 0 N–H and O–H groups in total. The fraction of sp³-hybridized carbons (Fsp3) is 0.600. The van der Waals surface area contributed by atoms with Crippen LogP contribution in [0.15, 0.2) is 18.2 Å². The molecule has 1 aliphatic carbocycles.